The number of fused-ring (bicyclic) bond motifs is 1. The van der Waals surface area contributed by atoms with E-state index < -0.39 is 5.97 Å². The van der Waals surface area contributed by atoms with Gasteiger partial charge in [0.2, 0.25) is 0 Å². The highest BCUT2D eigenvalue weighted by Gasteiger charge is 2.10. The molecule has 3 heteroatoms. The zero-order chi connectivity index (χ0) is 12.3. The number of carbonyl (C=O) groups is 1. The van der Waals surface area contributed by atoms with E-state index >= 15 is 0 Å². The molecule has 1 aromatic rings. The lowest BCUT2D eigenvalue weighted by molar-refractivity contribution is -0.132. The second-order valence-electron chi connectivity index (χ2n) is 4.29. The van der Waals surface area contributed by atoms with Crippen LogP contribution in [0, 0.1) is 0 Å². The number of carboxylic acids is 1. The van der Waals surface area contributed by atoms with Gasteiger partial charge >= 0.3 is 5.97 Å². The average molecular weight is 248 g/mol. The first kappa shape index (κ1) is 12.2. The van der Waals surface area contributed by atoms with Crippen molar-refractivity contribution < 1.29 is 9.90 Å². The number of hydrogen-bond acceptors (Lipinski definition) is 2. The van der Waals surface area contributed by atoms with Gasteiger partial charge in [-0.25, -0.2) is 4.79 Å². The predicted octanol–water partition coefficient (Wildman–Crippen LogP) is 3.30. The maximum Gasteiger partial charge on any atom is 0.330 e. The van der Waals surface area contributed by atoms with Crippen molar-refractivity contribution in [1.29, 1.82) is 0 Å². The normalized spacial score (nSPS) is 14.8. The molecule has 90 valence electrons. The van der Waals surface area contributed by atoms with Gasteiger partial charge in [0.15, 0.2) is 0 Å². The van der Waals surface area contributed by atoms with E-state index in [4.69, 9.17) is 5.11 Å². The van der Waals surface area contributed by atoms with Crippen LogP contribution in [0.25, 0.3) is 0 Å². The molecule has 2 rings (SSSR count). The zero-order valence-electron chi connectivity index (χ0n) is 9.90. The number of hydrogen-bond donors (Lipinski definition) is 1. The van der Waals surface area contributed by atoms with Crippen LogP contribution in [0.15, 0.2) is 34.7 Å². The summed E-state index contributed by atoms with van der Waals surface area (Å²) in [5.41, 5.74) is 3.36. The number of rotatable bonds is 4. The zero-order valence-corrected chi connectivity index (χ0v) is 10.7. The molecule has 0 saturated heterocycles. The highest BCUT2D eigenvalue weighted by molar-refractivity contribution is 7.99. The van der Waals surface area contributed by atoms with Crippen LogP contribution in [0.1, 0.15) is 24.5 Å². The van der Waals surface area contributed by atoms with E-state index in [0.717, 1.165) is 5.75 Å². The third kappa shape index (κ3) is 3.13. The highest BCUT2D eigenvalue weighted by atomic mass is 32.2. The molecular weight excluding hydrogens is 232 g/mol. The van der Waals surface area contributed by atoms with E-state index in [1.54, 1.807) is 24.8 Å². The molecule has 0 unspecified atom stereocenters. The Kier molecular flexibility index (Phi) is 3.89. The van der Waals surface area contributed by atoms with Crippen molar-refractivity contribution in [3.63, 3.8) is 0 Å². The summed E-state index contributed by atoms with van der Waals surface area (Å²) in [5, 5.41) is 8.73. The molecular formula is C14H16O2S. The van der Waals surface area contributed by atoms with E-state index in [9.17, 15) is 4.79 Å². The van der Waals surface area contributed by atoms with Crippen LogP contribution in [-0.4, -0.2) is 16.8 Å². The first-order chi connectivity index (χ1) is 8.16. The van der Waals surface area contributed by atoms with Crippen molar-refractivity contribution in [2.24, 2.45) is 0 Å². The average Bonchev–Trinajstić information content (AvgIpc) is 2.75. The molecule has 1 N–H and O–H groups in total. The Morgan fingerprint density at radius 2 is 2.18 bits per heavy atom. The molecule has 0 fully saturated rings. The summed E-state index contributed by atoms with van der Waals surface area (Å²) in [4.78, 5) is 11.9. The minimum Gasteiger partial charge on any atom is -0.478 e. The molecule has 0 heterocycles. The van der Waals surface area contributed by atoms with Gasteiger partial charge in [-0.1, -0.05) is 12.1 Å². The van der Waals surface area contributed by atoms with Gasteiger partial charge in [-0.2, -0.15) is 0 Å². The summed E-state index contributed by atoms with van der Waals surface area (Å²) in [6, 6.07) is 6.59. The molecule has 0 bridgehead atoms. The molecule has 0 spiro atoms. The third-order valence-corrected chi connectivity index (χ3v) is 3.97. The Labute approximate surface area is 106 Å². The Morgan fingerprint density at radius 1 is 1.41 bits per heavy atom. The van der Waals surface area contributed by atoms with E-state index in [1.807, 2.05) is 0 Å². The number of thioether (sulfide) groups is 1. The van der Waals surface area contributed by atoms with Gasteiger partial charge in [0.1, 0.15) is 0 Å². The molecule has 1 aliphatic rings. The minimum absolute atomic E-state index is 0.415. The van der Waals surface area contributed by atoms with Crippen molar-refractivity contribution in [3.8, 4) is 0 Å². The van der Waals surface area contributed by atoms with Gasteiger partial charge in [0.25, 0.3) is 0 Å². The lowest BCUT2D eigenvalue weighted by Gasteiger charge is -2.03. The van der Waals surface area contributed by atoms with Gasteiger partial charge in [-0.05, 0) is 49.4 Å². The maximum atomic E-state index is 10.6. The van der Waals surface area contributed by atoms with Crippen LogP contribution in [0.5, 0.6) is 0 Å². The molecule has 0 aromatic heterocycles. The first-order valence-corrected chi connectivity index (χ1v) is 6.80. The number of aryl methyl sites for hydroxylation is 2. The fourth-order valence-electron chi connectivity index (χ4n) is 1.99. The van der Waals surface area contributed by atoms with Gasteiger partial charge in [0.05, 0.1) is 0 Å². The van der Waals surface area contributed by atoms with Gasteiger partial charge < -0.3 is 5.11 Å². The van der Waals surface area contributed by atoms with E-state index in [-0.39, 0.29) is 0 Å². The van der Waals surface area contributed by atoms with Crippen LogP contribution in [-0.2, 0) is 17.6 Å². The van der Waals surface area contributed by atoms with Crippen molar-refractivity contribution in [3.05, 3.63) is 41.0 Å². The minimum atomic E-state index is -0.834. The molecule has 0 aliphatic heterocycles. The number of aliphatic carboxylic acids is 1. The molecule has 0 saturated carbocycles. The first-order valence-electron chi connectivity index (χ1n) is 5.81. The van der Waals surface area contributed by atoms with E-state index in [0.29, 0.717) is 5.57 Å². The monoisotopic (exact) mass is 248 g/mol. The summed E-state index contributed by atoms with van der Waals surface area (Å²) in [5.74, 6) is -0.115. The summed E-state index contributed by atoms with van der Waals surface area (Å²) in [7, 11) is 0. The van der Waals surface area contributed by atoms with Crippen LogP contribution >= 0.6 is 11.8 Å². The quantitative estimate of drug-likeness (QED) is 0.656. The third-order valence-electron chi connectivity index (χ3n) is 3.05. The van der Waals surface area contributed by atoms with Gasteiger partial charge in [-0.3, -0.25) is 0 Å². The number of benzene rings is 1. The molecule has 0 atom stereocenters. The fourth-order valence-corrected chi connectivity index (χ4v) is 2.90. The van der Waals surface area contributed by atoms with Crippen molar-refractivity contribution in [1.82, 2.24) is 0 Å². The topological polar surface area (TPSA) is 37.3 Å². The second-order valence-corrected chi connectivity index (χ2v) is 5.38. The van der Waals surface area contributed by atoms with Crippen molar-refractivity contribution in [2.45, 2.75) is 31.1 Å². The Morgan fingerprint density at radius 3 is 2.94 bits per heavy atom. The Bertz CT molecular complexity index is 463. The smallest absolute Gasteiger partial charge is 0.330 e. The molecule has 17 heavy (non-hydrogen) atoms. The lowest BCUT2D eigenvalue weighted by Crippen LogP contribution is -1.96. The van der Waals surface area contributed by atoms with E-state index in [1.165, 1.54) is 35.3 Å². The molecule has 1 aromatic carbocycles. The summed E-state index contributed by atoms with van der Waals surface area (Å²) in [6.07, 6.45) is 5.42. The lowest BCUT2D eigenvalue weighted by atomic mass is 10.1. The standard InChI is InChI=1S/C14H16O2S/c1-10(14(15)16)7-8-17-13-6-5-11-3-2-4-12(11)9-13/h5-7,9H,2-4,8H2,1H3,(H,15,16). The van der Waals surface area contributed by atoms with Crippen LogP contribution in [0.2, 0.25) is 0 Å². The van der Waals surface area contributed by atoms with E-state index in [2.05, 4.69) is 18.2 Å². The fraction of sp³-hybridized carbons (Fsp3) is 0.357. The Hall–Kier alpha value is -1.22. The number of carboxylic acid groups (broad SMARTS) is 1. The highest BCUT2D eigenvalue weighted by Crippen LogP contribution is 2.27. The van der Waals surface area contributed by atoms with Crippen molar-refractivity contribution in [2.75, 3.05) is 5.75 Å². The molecule has 1 aliphatic carbocycles. The summed E-state index contributed by atoms with van der Waals surface area (Å²) >= 11 is 1.69. The molecule has 2 nitrogen and oxygen atoms in total. The van der Waals surface area contributed by atoms with Gasteiger partial charge in [-0.15, -0.1) is 11.8 Å². The summed E-state index contributed by atoms with van der Waals surface area (Å²) < 4.78 is 0. The summed E-state index contributed by atoms with van der Waals surface area (Å²) in [6.45, 7) is 1.63. The largest absolute Gasteiger partial charge is 0.478 e. The second kappa shape index (κ2) is 5.41. The van der Waals surface area contributed by atoms with Crippen LogP contribution in [0.3, 0.4) is 0 Å². The maximum absolute atomic E-state index is 10.6. The predicted molar refractivity (Wildman–Crippen MR) is 70.6 cm³/mol. The van der Waals surface area contributed by atoms with Crippen molar-refractivity contribution >= 4 is 17.7 Å². The van der Waals surface area contributed by atoms with Crippen LogP contribution in [0.4, 0.5) is 0 Å². The SMILES string of the molecule is CC(=CCSc1ccc2c(c1)CCC2)C(=O)O. The molecule has 0 amide bonds. The van der Waals surface area contributed by atoms with Crippen LogP contribution < -0.4 is 0 Å². The van der Waals surface area contributed by atoms with Gasteiger partial charge in [0, 0.05) is 16.2 Å². The molecule has 0 radical (unpaired) electrons. The Balaban J connectivity index is 1.96.